The van der Waals surface area contributed by atoms with Crippen LogP contribution in [0.15, 0.2) is 54.6 Å². The molecule has 1 N–H and O–H groups in total. The van der Waals surface area contributed by atoms with Gasteiger partial charge in [-0.15, -0.1) is 0 Å². The summed E-state index contributed by atoms with van der Waals surface area (Å²) in [6, 6.07) is 15.6. The van der Waals surface area contributed by atoms with E-state index in [1.165, 1.54) is 0 Å². The highest BCUT2D eigenvalue weighted by atomic mass is 32.2. The van der Waals surface area contributed by atoms with Crippen LogP contribution in [0.5, 0.6) is 0 Å². The number of nitrogens with one attached hydrogen (secondary N) is 1. The minimum absolute atomic E-state index is 0.148. The van der Waals surface area contributed by atoms with E-state index in [2.05, 4.69) is 4.72 Å². The number of hydrogen-bond donors (Lipinski definition) is 1. The largest absolute Gasteiger partial charge is 0.341 e. The molecule has 1 atom stereocenters. The normalized spacial score (nSPS) is 16.1. The van der Waals surface area contributed by atoms with Gasteiger partial charge in [-0.25, -0.2) is 8.42 Å². The maximum absolute atomic E-state index is 13.1. The summed E-state index contributed by atoms with van der Waals surface area (Å²) in [6.45, 7) is 3.29. The summed E-state index contributed by atoms with van der Waals surface area (Å²) in [6.07, 6.45) is 3.03. The third-order valence-corrected chi connectivity index (χ3v) is 6.09. The van der Waals surface area contributed by atoms with E-state index in [-0.39, 0.29) is 11.7 Å². The molecule has 0 saturated carbocycles. The minimum Gasteiger partial charge on any atom is -0.341 e. The number of nitrogens with zero attached hydrogens (tertiary/aromatic N) is 1. The van der Waals surface area contributed by atoms with Gasteiger partial charge in [0.25, 0.3) is 0 Å². The zero-order valence-electron chi connectivity index (χ0n) is 15.6. The van der Waals surface area contributed by atoms with Crippen LogP contribution in [0.2, 0.25) is 0 Å². The molecule has 0 aliphatic carbocycles. The Kier molecular flexibility index (Phi) is 6.29. The van der Waals surface area contributed by atoms with E-state index in [0.29, 0.717) is 24.2 Å². The number of amides is 1. The van der Waals surface area contributed by atoms with Crippen LogP contribution in [-0.4, -0.2) is 32.3 Å². The third kappa shape index (κ3) is 5.40. The van der Waals surface area contributed by atoms with Gasteiger partial charge in [-0.05, 0) is 37.3 Å². The lowest BCUT2D eigenvalue weighted by atomic mass is 10.0. The molecular formula is C21H26N2O3S. The molecule has 0 aromatic heterocycles. The SMILES string of the molecule is Cc1cccc(CS(=O)(=O)N[C@H](C(=O)N2CCCCC2)c2ccccc2)c1. The van der Waals surface area contributed by atoms with E-state index in [1.54, 1.807) is 23.1 Å². The molecule has 27 heavy (non-hydrogen) atoms. The van der Waals surface area contributed by atoms with Crippen LogP contribution in [0.4, 0.5) is 0 Å². The van der Waals surface area contributed by atoms with Crippen molar-refractivity contribution in [2.24, 2.45) is 0 Å². The van der Waals surface area contributed by atoms with Crippen LogP contribution in [-0.2, 0) is 20.6 Å². The van der Waals surface area contributed by atoms with E-state index in [0.717, 1.165) is 24.8 Å². The van der Waals surface area contributed by atoms with Crippen LogP contribution in [0.3, 0.4) is 0 Å². The summed E-state index contributed by atoms with van der Waals surface area (Å²) in [5.41, 5.74) is 2.38. The van der Waals surface area contributed by atoms with Gasteiger partial charge < -0.3 is 4.90 Å². The van der Waals surface area contributed by atoms with Crippen molar-refractivity contribution < 1.29 is 13.2 Å². The van der Waals surface area contributed by atoms with Gasteiger partial charge in [0.05, 0.1) is 5.75 Å². The third-order valence-electron chi connectivity index (χ3n) is 4.78. The lowest BCUT2D eigenvalue weighted by Gasteiger charge is -2.31. The fourth-order valence-electron chi connectivity index (χ4n) is 3.45. The Labute approximate surface area is 161 Å². The van der Waals surface area contributed by atoms with Gasteiger partial charge in [0.15, 0.2) is 0 Å². The summed E-state index contributed by atoms with van der Waals surface area (Å²) >= 11 is 0. The van der Waals surface area contributed by atoms with Gasteiger partial charge in [0.1, 0.15) is 6.04 Å². The molecule has 0 unspecified atom stereocenters. The summed E-state index contributed by atoms with van der Waals surface area (Å²) in [5, 5.41) is 0. The Morgan fingerprint density at radius 1 is 1.04 bits per heavy atom. The number of carbonyl (C=O) groups excluding carboxylic acids is 1. The lowest BCUT2D eigenvalue weighted by Crippen LogP contribution is -2.45. The van der Waals surface area contributed by atoms with Gasteiger partial charge in [0, 0.05) is 13.1 Å². The average molecular weight is 387 g/mol. The van der Waals surface area contributed by atoms with Crippen molar-refractivity contribution in [1.82, 2.24) is 9.62 Å². The van der Waals surface area contributed by atoms with E-state index < -0.39 is 16.1 Å². The fraction of sp³-hybridized carbons (Fsp3) is 0.381. The Bertz CT molecular complexity index is 875. The van der Waals surface area contributed by atoms with Gasteiger partial charge >= 0.3 is 0 Å². The quantitative estimate of drug-likeness (QED) is 0.829. The lowest BCUT2D eigenvalue weighted by molar-refractivity contribution is -0.134. The van der Waals surface area contributed by atoms with Crippen LogP contribution >= 0.6 is 0 Å². The predicted octanol–water partition coefficient (Wildman–Crippen LogP) is 3.17. The van der Waals surface area contributed by atoms with Crippen molar-refractivity contribution in [1.29, 1.82) is 0 Å². The highest BCUT2D eigenvalue weighted by Crippen LogP contribution is 2.21. The number of sulfonamides is 1. The maximum Gasteiger partial charge on any atom is 0.245 e. The average Bonchev–Trinajstić information content (AvgIpc) is 2.67. The first-order valence-corrected chi connectivity index (χ1v) is 11.0. The molecule has 1 amide bonds. The molecule has 144 valence electrons. The maximum atomic E-state index is 13.1. The van der Waals surface area contributed by atoms with E-state index in [9.17, 15) is 13.2 Å². The zero-order chi connectivity index (χ0) is 19.3. The summed E-state index contributed by atoms with van der Waals surface area (Å²) < 4.78 is 28.3. The standard InChI is InChI=1S/C21H26N2O3S/c1-17-9-8-10-18(15-17)16-27(25,26)22-20(19-11-4-2-5-12-19)21(24)23-13-6-3-7-14-23/h2,4-5,8-12,15,20,22H,3,6-7,13-14,16H2,1H3/t20-/m0/s1. The Morgan fingerprint density at radius 3 is 2.41 bits per heavy atom. The van der Waals surface area contributed by atoms with Crippen molar-refractivity contribution in [3.63, 3.8) is 0 Å². The number of hydrogen-bond acceptors (Lipinski definition) is 3. The molecule has 5 nitrogen and oxygen atoms in total. The topological polar surface area (TPSA) is 66.5 Å². The van der Waals surface area contributed by atoms with Crippen molar-refractivity contribution >= 4 is 15.9 Å². The van der Waals surface area contributed by atoms with Crippen LogP contribution in [0, 0.1) is 6.92 Å². The molecule has 3 rings (SSSR count). The number of piperidine rings is 1. The molecule has 0 spiro atoms. The zero-order valence-corrected chi connectivity index (χ0v) is 16.4. The molecule has 2 aromatic rings. The van der Waals surface area contributed by atoms with Crippen LogP contribution in [0.1, 0.15) is 42.0 Å². The number of likely N-dealkylation sites (tertiary alicyclic amines) is 1. The van der Waals surface area contributed by atoms with Gasteiger partial charge in [-0.3, -0.25) is 4.79 Å². The van der Waals surface area contributed by atoms with Crippen molar-refractivity contribution in [2.75, 3.05) is 13.1 Å². The van der Waals surface area contributed by atoms with E-state index >= 15 is 0 Å². The molecule has 1 fully saturated rings. The summed E-state index contributed by atoms with van der Waals surface area (Å²) in [5.74, 6) is -0.320. The molecule has 1 heterocycles. The summed E-state index contributed by atoms with van der Waals surface area (Å²) in [7, 11) is -3.68. The predicted molar refractivity (Wildman–Crippen MR) is 107 cm³/mol. The minimum atomic E-state index is -3.68. The van der Waals surface area contributed by atoms with E-state index in [1.807, 2.05) is 43.3 Å². The first-order valence-electron chi connectivity index (χ1n) is 9.34. The van der Waals surface area contributed by atoms with Gasteiger partial charge in [-0.2, -0.15) is 4.72 Å². The Hall–Kier alpha value is -2.18. The molecule has 1 saturated heterocycles. The monoisotopic (exact) mass is 386 g/mol. The van der Waals surface area contributed by atoms with E-state index in [4.69, 9.17) is 0 Å². The second-order valence-electron chi connectivity index (χ2n) is 7.10. The van der Waals surface area contributed by atoms with Crippen LogP contribution < -0.4 is 4.72 Å². The van der Waals surface area contributed by atoms with Crippen LogP contribution in [0.25, 0.3) is 0 Å². The summed E-state index contributed by atoms with van der Waals surface area (Å²) in [4.78, 5) is 14.9. The Balaban J connectivity index is 1.83. The number of benzene rings is 2. The van der Waals surface area contributed by atoms with Gasteiger partial charge in [0.2, 0.25) is 15.9 Å². The first-order chi connectivity index (χ1) is 12.9. The highest BCUT2D eigenvalue weighted by Gasteiger charge is 2.30. The molecule has 1 aliphatic rings. The smallest absolute Gasteiger partial charge is 0.245 e. The molecule has 6 heteroatoms. The molecular weight excluding hydrogens is 360 g/mol. The molecule has 0 radical (unpaired) electrons. The van der Waals surface area contributed by atoms with Crippen molar-refractivity contribution in [3.05, 3.63) is 71.3 Å². The first kappa shape index (κ1) is 19.6. The number of rotatable bonds is 6. The molecule has 1 aliphatic heterocycles. The highest BCUT2D eigenvalue weighted by molar-refractivity contribution is 7.88. The van der Waals surface area contributed by atoms with Gasteiger partial charge in [-0.1, -0.05) is 60.2 Å². The second kappa shape index (κ2) is 8.67. The fourth-order valence-corrected chi connectivity index (χ4v) is 4.74. The second-order valence-corrected chi connectivity index (χ2v) is 8.85. The molecule has 0 bridgehead atoms. The number of carbonyl (C=O) groups is 1. The van der Waals surface area contributed by atoms with Crippen molar-refractivity contribution in [2.45, 2.75) is 38.0 Å². The number of aryl methyl sites for hydroxylation is 1. The Morgan fingerprint density at radius 2 is 1.74 bits per heavy atom. The van der Waals surface area contributed by atoms with Crippen molar-refractivity contribution in [3.8, 4) is 0 Å². The molecule has 2 aromatic carbocycles.